The molecule has 0 unspecified atom stereocenters. The molecule has 0 aliphatic carbocycles. The fourth-order valence-electron chi connectivity index (χ4n) is 3.47. The molecular formula is C17H21F2N3O3. The first-order valence-corrected chi connectivity index (χ1v) is 8.38. The van der Waals surface area contributed by atoms with Crippen molar-refractivity contribution < 1.29 is 23.1 Å². The molecule has 1 aromatic carbocycles. The van der Waals surface area contributed by atoms with Gasteiger partial charge in [0.05, 0.1) is 7.11 Å². The quantitative estimate of drug-likeness (QED) is 0.904. The van der Waals surface area contributed by atoms with Crippen molar-refractivity contribution in [1.82, 2.24) is 15.1 Å². The van der Waals surface area contributed by atoms with Gasteiger partial charge in [-0.05, 0) is 31.4 Å². The smallest absolute Gasteiger partial charge is 0.317 e. The summed E-state index contributed by atoms with van der Waals surface area (Å²) in [7, 11) is 1.20. The number of amides is 3. The maximum absolute atomic E-state index is 14.1. The lowest BCUT2D eigenvalue weighted by atomic mass is 10.0. The summed E-state index contributed by atoms with van der Waals surface area (Å²) in [4.78, 5) is 27.9. The van der Waals surface area contributed by atoms with Crippen molar-refractivity contribution in [2.24, 2.45) is 0 Å². The van der Waals surface area contributed by atoms with Gasteiger partial charge in [-0.15, -0.1) is 0 Å². The maximum atomic E-state index is 14.1. The number of halogens is 2. The van der Waals surface area contributed by atoms with E-state index in [0.29, 0.717) is 39.0 Å². The fraction of sp³-hybridized carbons (Fsp3) is 0.529. The molecule has 2 heterocycles. The number of benzene rings is 1. The molecule has 2 aliphatic rings. The molecule has 0 radical (unpaired) electrons. The lowest BCUT2D eigenvalue weighted by Crippen LogP contribution is -2.54. The Hall–Kier alpha value is -2.38. The van der Waals surface area contributed by atoms with Crippen LogP contribution in [0.15, 0.2) is 12.1 Å². The highest BCUT2D eigenvalue weighted by Gasteiger charge is 2.33. The number of piperidine rings is 1. The third-order valence-electron chi connectivity index (χ3n) is 4.78. The first kappa shape index (κ1) is 17.4. The average Bonchev–Trinajstić information content (AvgIpc) is 2.63. The zero-order valence-electron chi connectivity index (χ0n) is 14.1. The highest BCUT2D eigenvalue weighted by Crippen LogP contribution is 2.28. The van der Waals surface area contributed by atoms with Crippen molar-refractivity contribution in [2.75, 3.05) is 33.3 Å². The highest BCUT2D eigenvalue weighted by atomic mass is 19.1. The van der Waals surface area contributed by atoms with E-state index in [-0.39, 0.29) is 23.4 Å². The van der Waals surface area contributed by atoms with Crippen LogP contribution in [-0.4, -0.2) is 61.1 Å². The summed E-state index contributed by atoms with van der Waals surface area (Å²) in [5.41, 5.74) is -0.378. The molecule has 0 saturated carbocycles. The van der Waals surface area contributed by atoms with Crippen LogP contribution in [0.4, 0.5) is 13.6 Å². The second kappa shape index (κ2) is 7.25. The van der Waals surface area contributed by atoms with Crippen LogP contribution < -0.4 is 10.1 Å². The Morgan fingerprint density at radius 3 is 2.52 bits per heavy atom. The Balaban J connectivity index is 1.70. The van der Waals surface area contributed by atoms with Crippen molar-refractivity contribution in [1.29, 1.82) is 0 Å². The van der Waals surface area contributed by atoms with Gasteiger partial charge in [-0.3, -0.25) is 4.79 Å². The normalized spacial score (nSPS) is 18.9. The van der Waals surface area contributed by atoms with Crippen LogP contribution in [0.3, 0.4) is 0 Å². The molecule has 1 N–H and O–H groups in total. The average molecular weight is 353 g/mol. The van der Waals surface area contributed by atoms with Crippen LogP contribution in [0.25, 0.3) is 0 Å². The number of urea groups is 1. The molecule has 25 heavy (non-hydrogen) atoms. The van der Waals surface area contributed by atoms with Gasteiger partial charge in [0.2, 0.25) is 0 Å². The highest BCUT2D eigenvalue weighted by molar-refractivity contribution is 5.97. The molecular weight excluding hydrogens is 332 g/mol. The van der Waals surface area contributed by atoms with Crippen molar-refractivity contribution in [2.45, 2.75) is 25.3 Å². The largest absolute Gasteiger partial charge is 0.493 e. The van der Waals surface area contributed by atoms with Crippen LogP contribution >= 0.6 is 0 Å². The van der Waals surface area contributed by atoms with E-state index < -0.39 is 17.5 Å². The monoisotopic (exact) mass is 353 g/mol. The zero-order chi connectivity index (χ0) is 18.0. The molecule has 136 valence electrons. The lowest BCUT2D eigenvalue weighted by Gasteiger charge is -2.40. The van der Waals surface area contributed by atoms with E-state index >= 15 is 0 Å². The van der Waals surface area contributed by atoms with Gasteiger partial charge in [-0.25, -0.2) is 13.6 Å². The number of carbonyl (C=O) groups excluding carboxylic acids is 2. The number of nitrogens with zero attached hydrogens (tertiary/aromatic N) is 2. The summed E-state index contributed by atoms with van der Waals surface area (Å²) >= 11 is 0. The van der Waals surface area contributed by atoms with Crippen LogP contribution in [-0.2, 0) is 0 Å². The number of hydrogen-bond acceptors (Lipinski definition) is 3. The van der Waals surface area contributed by atoms with Crippen molar-refractivity contribution in [3.63, 3.8) is 0 Å². The topological polar surface area (TPSA) is 61.9 Å². The Kier molecular flexibility index (Phi) is 5.06. The molecule has 0 atom stereocenters. The van der Waals surface area contributed by atoms with Gasteiger partial charge in [-0.1, -0.05) is 0 Å². The summed E-state index contributed by atoms with van der Waals surface area (Å²) in [5, 5.41) is 2.82. The number of nitrogens with one attached hydrogen (secondary N) is 1. The van der Waals surface area contributed by atoms with Gasteiger partial charge >= 0.3 is 6.03 Å². The second-order valence-electron chi connectivity index (χ2n) is 6.24. The standard InChI is InChI=1S/C17H21F2N3O3/c1-25-15-13(19)4-3-12(18)14(15)16(23)21-9-5-11(6-10-21)22-8-2-7-20-17(22)24/h3-4,11H,2,5-10H2,1H3,(H,20,24). The molecule has 3 rings (SSSR count). The molecule has 1 aromatic rings. The second-order valence-corrected chi connectivity index (χ2v) is 6.24. The van der Waals surface area contributed by atoms with E-state index in [1.807, 2.05) is 0 Å². The summed E-state index contributed by atoms with van der Waals surface area (Å²) in [6.45, 7) is 2.15. The van der Waals surface area contributed by atoms with Gasteiger partial charge in [0, 0.05) is 32.2 Å². The third-order valence-corrected chi connectivity index (χ3v) is 4.78. The minimum absolute atomic E-state index is 0.0589. The molecule has 0 bridgehead atoms. The summed E-state index contributed by atoms with van der Waals surface area (Å²) in [6.07, 6.45) is 2.12. The van der Waals surface area contributed by atoms with Crippen LogP contribution in [0, 0.1) is 11.6 Å². The first-order valence-electron chi connectivity index (χ1n) is 8.38. The number of methoxy groups -OCH3 is 1. The molecule has 6 nitrogen and oxygen atoms in total. The minimum atomic E-state index is -0.805. The van der Waals surface area contributed by atoms with E-state index in [1.165, 1.54) is 12.0 Å². The van der Waals surface area contributed by atoms with Gasteiger partial charge in [-0.2, -0.15) is 0 Å². The van der Waals surface area contributed by atoms with E-state index in [4.69, 9.17) is 4.74 Å². The van der Waals surface area contributed by atoms with E-state index in [2.05, 4.69) is 5.32 Å². The summed E-state index contributed by atoms with van der Waals surface area (Å²) < 4.78 is 32.8. The molecule has 2 fully saturated rings. The number of hydrogen-bond donors (Lipinski definition) is 1. The molecule has 2 saturated heterocycles. The minimum Gasteiger partial charge on any atom is -0.493 e. The van der Waals surface area contributed by atoms with E-state index in [0.717, 1.165) is 18.6 Å². The SMILES string of the molecule is COc1c(F)ccc(F)c1C(=O)N1CCC(N2CCCNC2=O)CC1. The fourth-order valence-corrected chi connectivity index (χ4v) is 3.47. The van der Waals surface area contributed by atoms with Gasteiger partial charge in [0.1, 0.15) is 11.4 Å². The number of rotatable bonds is 3. The van der Waals surface area contributed by atoms with Crippen LogP contribution in [0.5, 0.6) is 5.75 Å². The van der Waals surface area contributed by atoms with E-state index in [9.17, 15) is 18.4 Å². The number of ether oxygens (including phenoxy) is 1. The lowest BCUT2D eigenvalue weighted by molar-refractivity contribution is 0.0634. The van der Waals surface area contributed by atoms with Crippen molar-refractivity contribution in [3.8, 4) is 5.75 Å². The van der Waals surface area contributed by atoms with Crippen LogP contribution in [0.2, 0.25) is 0 Å². The molecule has 8 heteroatoms. The number of carbonyl (C=O) groups is 2. The molecule has 0 spiro atoms. The zero-order valence-corrected chi connectivity index (χ0v) is 14.1. The summed E-state index contributed by atoms with van der Waals surface area (Å²) in [5.74, 6) is -2.54. The predicted octanol–water partition coefficient (Wildman–Crippen LogP) is 1.99. The Morgan fingerprint density at radius 2 is 1.88 bits per heavy atom. The first-order chi connectivity index (χ1) is 12.0. The Morgan fingerprint density at radius 1 is 1.20 bits per heavy atom. The third kappa shape index (κ3) is 3.38. The van der Waals surface area contributed by atoms with Crippen molar-refractivity contribution >= 4 is 11.9 Å². The Bertz CT molecular complexity index is 675. The van der Waals surface area contributed by atoms with Gasteiger partial charge in [0.25, 0.3) is 5.91 Å². The van der Waals surface area contributed by atoms with Gasteiger partial charge in [0.15, 0.2) is 11.6 Å². The molecule has 2 aliphatic heterocycles. The van der Waals surface area contributed by atoms with Crippen LogP contribution in [0.1, 0.15) is 29.6 Å². The molecule has 0 aromatic heterocycles. The van der Waals surface area contributed by atoms with E-state index in [1.54, 1.807) is 4.90 Å². The Labute approximate surface area is 144 Å². The number of likely N-dealkylation sites (tertiary alicyclic amines) is 1. The van der Waals surface area contributed by atoms with Gasteiger partial charge < -0.3 is 19.9 Å². The van der Waals surface area contributed by atoms with Crippen molar-refractivity contribution in [3.05, 3.63) is 29.3 Å². The molecule has 3 amide bonds. The summed E-state index contributed by atoms with van der Waals surface area (Å²) in [6, 6.07) is 1.85. The maximum Gasteiger partial charge on any atom is 0.317 e. The predicted molar refractivity (Wildman–Crippen MR) is 86.6 cm³/mol.